The Kier molecular flexibility index (Phi) is 4.28. The fourth-order valence-corrected chi connectivity index (χ4v) is 1.17. The third-order valence-corrected chi connectivity index (χ3v) is 2.22. The molecule has 1 aromatic rings. The lowest BCUT2D eigenvalue weighted by molar-refractivity contribution is -0.141. The van der Waals surface area contributed by atoms with E-state index in [9.17, 15) is 4.79 Å². The maximum absolute atomic E-state index is 10.6. The number of carboxylic acid groups (broad SMARTS) is 1. The first kappa shape index (κ1) is 12.0. The van der Waals surface area contributed by atoms with Crippen molar-refractivity contribution in [3.63, 3.8) is 0 Å². The smallest absolute Gasteiger partial charge is 0.306 e. The quantitative estimate of drug-likeness (QED) is 0.783. The van der Waals surface area contributed by atoms with Crippen LogP contribution in [0.4, 0.5) is 5.82 Å². The zero-order valence-corrected chi connectivity index (χ0v) is 8.97. The number of nitrogens with one attached hydrogen (secondary N) is 1. The van der Waals surface area contributed by atoms with E-state index in [1.807, 2.05) is 6.07 Å². The Morgan fingerprint density at radius 3 is 3.12 bits per heavy atom. The molecule has 5 heteroatoms. The molecule has 0 aliphatic carbocycles. The van der Waals surface area contributed by atoms with Crippen LogP contribution in [0.2, 0.25) is 0 Å². The molecule has 0 amide bonds. The molecule has 0 saturated heterocycles. The topological polar surface area (TPSA) is 86.0 Å². The summed E-state index contributed by atoms with van der Waals surface area (Å²) >= 11 is 0. The summed E-state index contributed by atoms with van der Waals surface area (Å²) in [5.74, 6) is -0.715. The molecule has 84 valence electrons. The van der Waals surface area contributed by atoms with Crippen molar-refractivity contribution >= 4 is 11.8 Å². The second-order valence-corrected chi connectivity index (χ2v) is 3.47. The fraction of sp³-hybridized carbons (Fsp3) is 0.364. The minimum absolute atomic E-state index is 0.401. The fourth-order valence-electron chi connectivity index (χ4n) is 1.17. The molecule has 1 heterocycles. The Hall–Kier alpha value is -2.09. The summed E-state index contributed by atoms with van der Waals surface area (Å²) in [6, 6.07) is 5.36. The summed E-state index contributed by atoms with van der Waals surface area (Å²) in [7, 11) is 0. The van der Waals surface area contributed by atoms with Gasteiger partial charge in [-0.1, -0.05) is 6.92 Å². The van der Waals surface area contributed by atoms with Gasteiger partial charge in [0.1, 0.15) is 11.9 Å². The number of carbonyl (C=O) groups is 1. The summed E-state index contributed by atoms with van der Waals surface area (Å²) in [5, 5.41) is 20.4. The number of anilines is 1. The average molecular weight is 219 g/mol. The molecule has 0 saturated carbocycles. The summed E-state index contributed by atoms with van der Waals surface area (Å²) in [4.78, 5) is 14.6. The lowest BCUT2D eigenvalue weighted by atomic mass is 10.1. The van der Waals surface area contributed by atoms with E-state index in [2.05, 4.69) is 10.3 Å². The van der Waals surface area contributed by atoms with Crippen LogP contribution in [0.1, 0.15) is 18.9 Å². The van der Waals surface area contributed by atoms with E-state index in [4.69, 9.17) is 10.4 Å². The second-order valence-electron chi connectivity index (χ2n) is 3.47. The van der Waals surface area contributed by atoms with E-state index in [-0.39, 0.29) is 0 Å². The molecule has 0 aromatic carbocycles. The van der Waals surface area contributed by atoms with Gasteiger partial charge in [-0.05, 0) is 18.6 Å². The van der Waals surface area contributed by atoms with Crippen LogP contribution in [0, 0.1) is 17.2 Å². The SMILES string of the molecule is CC(CCNc1ncccc1C#N)C(=O)O. The number of aliphatic carboxylic acids is 1. The molecule has 1 atom stereocenters. The minimum atomic E-state index is -0.816. The van der Waals surface area contributed by atoms with Crippen LogP contribution < -0.4 is 5.32 Å². The molecule has 2 N–H and O–H groups in total. The minimum Gasteiger partial charge on any atom is -0.481 e. The van der Waals surface area contributed by atoms with E-state index in [1.165, 1.54) is 0 Å². The molecule has 16 heavy (non-hydrogen) atoms. The number of hydrogen-bond acceptors (Lipinski definition) is 4. The summed E-state index contributed by atoms with van der Waals surface area (Å²) in [6.45, 7) is 2.13. The highest BCUT2D eigenvalue weighted by Gasteiger charge is 2.10. The normalized spacial score (nSPS) is 11.5. The van der Waals surface area contributed by atoms with Gasteiger partial charge < -0.3 is 10.4 Å². The predicted octanol–water partition coefficient (Wildman–Crippen LogP) is 1.48. The van der Waals surface area contributed by atoms with E-state index in [0.29, 0.717) is 24.3 Å². The van der Waals surface area contributed by atoms with Crippen LogP contribution >= 0.6 is 0 Å². The van der Waals surface area contributed by atoms with Crippen molar-refractivity contribution in [2.24, 2.45) is 5.92 Å². The maximum atomic E-state index is 10.6. The van der Waals surface area contributed by atoms with Crippen LogP contribution in [-0.2, 0) is 4.79 Å². The lowest BCUT2D eigenvalue weighted by Gasteiger charge is -2.08. The molecule has 5 nitrogen and oxygen atoms in total. The van der Waals surface area contributed by atoms with Crippen molar-refractivity contribution in [1.29, 1.82) is 5.26 Å². The zero-order chi connectivity index (χ0) is 12.0. The van der Waals surface area contributed by atoms with Crippen molar-refractivity contribution in [3.8, 4) is 6.07 Å². The first-order valence-corrected chi connectivity index (χ1v) is 4.97. The Balaban J connectivity index is 2.49. The predicted molar refractivity (Wildman–Crippen MR) is 58.9 cm³/mol. The van der Waals surface area contributed by atoms with Crippen molar-refractivity contribution in [1.82, 2.24) is 4.98 Å². The second kappa shape index (κ2) is 5.71. The molecular formula is C11H13N3O2. The van der Waals surface area contributed by atoms with Gasteiger partial charge in [0.25, 0.3) is 0 Å². The maximum Gasteiger partial charge on any atom is 0.306 e. The van der Waals surface area contributed by atoms with Crippen LogP contribution in [0.15, 0.2) is 18.3 Å². The highest BCUT2D eigenvalue weighted by molar-refractivity contribution is 5.69. The first-order chi connectivity index (χ1) is 7.65. The molecule has 0 fully saturated rings. The van der Waals surface area contributed by atoms with Gasteiger partial charge in [-0.25, -0.2) is 4.98 Å². The lowest BCUT2D eigenvalue weighted by Crippen LogP contribution is -2.15. The Morgan fingerprint density at radius 2 is 2.50 bits per heavy atom. The standard InChI is InChI=1S/C11H13N3O2/c1-8(11(15)16)4-6-14-10-9(7-12)3-2-5-13-10/h2-3,5,8H,4,6H2,1H3,(H,13,14)(H,15,16). The van der Waals surface area contributed by atoms with Gasteiger partial charge >= 0.3 is 5.97 Å². The van der Waals surface area contributed by atoms with E-state index in [0.717, 1.165) is 0 Å². The average Bonchev–Trinajstić information content (AvgIpc) is 2.29. The zero-order valence-electron chi connectivity index (χ0n) is 8.97. The van der Waals surface area contributed by atoms with Gasteiger partial charge in [-0.15, -0.1) is 0 Å². The van der Waals surface area contributed by atoms with Crippen LogP contribution in [0.5, 0.6) is 0 Å². The number of carboxylic acids is 1. The number of aromatic nitrogens is 1. The highest BCUT2D eigenvalue weighted by Crippen LogP contribution is 2.10. The van der Waals surface area contributed by atoms with Crippen molar-refractivity contribution in [2.75, 3.05) is 11.9 Å². The third kappa shape index (κ3) is 3.24. The molecule has 0 radical (unpaired) electrons. The van der Waals surface area contributed by atoms with Crippen molar-refractivity contribution in [3.05, 3.63) is 23.9 Å². The molecular weight excluding hydrogens is 206 g/mol. The first-order valence-electron chi connectivity index (χ1n) is 4.97. The molecule has 0 aliphatic rings. The van der Waals surface area contributed by atoms with Gasteiger partial charge in [-0.2, -0.15) is 5.26 Å². The monoisotopic (exact) mass is 219 g/mol. The molecule has 0 aliphatic heterocycles. The summed E-state index contributed by atoms with van der Waals surface area (Å²) < 4.78 is 0. The molecule has 1 aromatic heterocycles. The Bertz CT molecular complexity index is 412. The number of rotatable bonds is 5. The van der Waals surface area contributed by atoms with Gasteiger partial charge in [0.2, 0.25) is 0 Å². The highest BCUT2D eigenvalue weighted by atomic mass is 16.4. The van der Waals surface area contributed by atoms with E-state index < -0.39 is 11.9 Å². The number of pyridine rings is 1. The Labute approximate surface area is 93.7 Å². The molecule has 1 rings (SSSR count). The molecule has 0 spiro atoms. The summed E-state index contributed by atoms with van der Waals surface area (Å²) in [6.07, 6.45) is 2.08. The molecule has 0 bridgehead atoms. The van der Waals surface area contributed by atoms with Crippen LogP contribution in [-0.4, -0.2) is 22.6 Å². The molecule has 1 unspecified atom stereocenters. The van der Waals surface area contributed by atoms with E-state index in [1.54, 1.807) is 25.3 Å². The van der Waals surface area contributed by atoms with Crippen LogP contribution in [0.3, 0.4) is 0 Å². The van der Waals surface area contributed by atoms with Gasteiger partial charge in [-0.3, -0.25) is 4.79 Å². The van der Waals surface area contributed by atoms with E-state index >= 15 is 0 Å². The summed E-state index contributed by atoms with van der Waals surface area (Å²) in [5.41, 5.74) is 0.463. The van der Waals surface area contributed by atoms with Crippen molar-refractivity contribution in [2.45, 2.75) is 13.3 Å². The van der Waals surface area contributed by atoms with Gasteiger partial charge in [0.05, 0.1) is 11.5 Å². The Morgan fingerprint density at radius 1 is 1.75 bits per heavy atom. The van der Waals surface area contributed by atoms with Crippen LogP contribution in [0.25, 0.3) is 0 Å². The third-order valence-electron chi connectivity index (χ3n) is 2.22. The number of hydrogen-bond donors (Lipinski definition) is 2. The largest absolute Gasteiger partial charge is 0.481 e. The van der Waals surface area contributed by atoms with Gasteiger partial charge in [0, 0.05) is 12.7 Å². The van der Waals surface area contributed by atoms with Crippen molar-refractivity contribution < 1.29 is 9.90 Å². The van der Waals surface area contributed by atoms with Gasteiger partial charge in [0.15, 0.2) is 0 Å². The number of nitrogens with zero attached hydrogens (tertiary/aromatic N) is 2. The number of nitriles is 1.